The Labute approximate surface area is 113 Å². The SMILES string of the molecule is CCn1c(C)cc(CC(CCC(=O)O)NC=O)c1C. The number of aromatic nitrogens is 1. The number of rotatable bonds is 8. The lowest BCUT2D eigenvalue weighted by Crippen LogP contribution is -2.30. The van der Waals surface area contributed by atoms with Crippen LogP contribution >= 0.6 is 0 Å². The summed E-state index contributed by atoms with van der Waals surface area (Å²) in [6.45, 7) is 7.12. The predicted molar refractivity (Wildman–Crippen MR) is 73.1 cm³/mol. The molecule has 5 heteroatoms. The van der Waals surface area contributed by atoms with Crippen molar-refractivity contribution >= 4 is 12.4 Å². The highest BCUT2D eigenvalue weighted by molar-refractivity contribution is 5.66. The fourth-order valence-corrected chi connectivity index (χ4v) is 2.47. The van der Waals surface area contributed by atoms with E-state index < -0.39 is 5.97 Å². The monoisotopic (exact) mass is 266 g/mol. The first-order valence-corrected chi connectivity index (χ1v) is 6.56. The van der Waals surface area contributed by atoms with E-state index in [0.717, 1.165) is 6.54 Å². The number of hydrogen-bond acceptors (Lipinski definition) is 2. The van der Waals surface area contributed by atoms with Crippen LogP contribution in [0.2, 0.25) is 0 Å². The number of carboxylic acid groups (broad SMARTS) is 1. The summed E-state index contributed by atoms with van der Waals surface area (Å²) in [6, 6.07) is 1.98. The molecule has 0 aliphatic rings. The molecule has 2 N–H and O–H groups in total. The highest BCUT2D eigenvalue weighted by Crippen LogP contribution is 2.18. The molecule has 19 heavy (non-hydrogen) atoms. The van der Waals surface area contributed by atoms with Crippen molar-refractivity contribution in [3.05, 3.63) is 23.0 Å². The van der Waals surface area contributed by atoms with Crippen LogP contribution in [0.3, 0.4) is 0 Å². The zero-order valence-electron chi connectivity index (χ0n) is 11.8. The molecular formula is C14H22N2O3. The van der Waals surface area contributed by atoms with Crippen LogP contribution in [0.1, 0.15) is 36.7 Å². The summed E-state index contributed by atoms with van der Waals surface area (Å²) >= 11 is 0. The highest BCUT2D eigenvalue weighted by atomic mass is 16.4. The van der Waals surface area contributed by atoms with Crippen LogP contribution < -0.4 is 5.32 Å². The van der Waals surface area contributed by atoms with Gasteiger partial charge >= 0.3 is 5.97 Å². The molecule has 106 valence electrons. The fourth-order valence-electron chi connectivity index (χ4n) is 2.47. The van der Waals surface area contributed by atoms with Gasteiger partial charge in [0.25, 0.3) is 0 Å². The molecule has 1 heterocycles. The zero-order valence-corrected chi connectivity index (χ0v) is 11.8. The summed E-state index contributed by atoms with van der Waals surface area (Å²) < 4.78 is 2.21. The van der Waals surface area contributed by atoms with Gasteiger partial charge in [0.15, 0.2) is 0 Å². The van der Waals surface area contributed by atoms with Crippen molar-refractivity contribution in [3.63, 3.8) is 0 Å². The summed E-state index contributed by atoms with van der Waals surface area (Å²) in [5, 5.41) is 11.4. The number of amides is 1. The summed E-state index contributed by atoms with van der Waals surface area (Å²) in [7, 11) is 0. The average molecular weight is 266 g/mol. The Morgan fingerprint density at radius 1 is 1.53 bits per heavy atom. The van der Waals surface area contributed by atoms with Crippen molar-refractivity contribution in [2.45, 2.75) is 52.6 Å². The van der Waals surface area contributed by atoms with Crippen molar-refractivity contribution in [2.24, 2.45) is 0 Å². The molecule has 0 radical (unpaired) electrons. The van der Waals surface area contributed by atoms with E-state index in [1.807, 2.05) is 0 Å². The van der Waals surface area contributed by atoms with Crippen LogP contribution in [0.4, 0.5) is 0 Å². The maximum absolute atomic E-state index is 10.6. The largest absolute Gasteiger partial charge is 0.481 e. The van der Waals surface area contributed by atoms with Gasteiger partial charge in [-0.05, 0) is 45.2 Å². The van der Waals surface area contributed by atoms with Crippen LogP contribution in [0, 0.1) is 13.8 Å². The van der Waals surface area contributed by atoms with E-state index >= 15 is 0 Å². The Kier molecular flexibility index (Phi) is 5.60. The molecule has 0 aliphatic heterocycles. The van der Waals surface area contributed by atoms with E-state index in [2.05, 4.69) is 36.7 Å². The average Bonchev–Trinajstić information content (AvgIpc) is 2.61. The molecule has 1 aromatic rings. The molecule has 0 aromatic carbocycles. The minimum Gasteiger partial charge on any atom is -0.481 e. The number of aryl methyl sites for hydroxylation is 1. The quantitative estimate of drug-likeness (QED) is 0.703. The molecule has 1 rings (SSSR count). The van der Waals surface area contributed by atoms with E-state index in [1.54, 1.807) is 0 Å². The molecule has 1 atom stereocenters. The van der Waals surface area contributed by atoms with Crippen LogP contribution in [-0.2, 0) is 22.6 Å². The first-order chi connectivity index (χ1) is 8.99. The second kappa shape index (κ2) is 6.97. The van der Waals surface area contributed by atoms with Crippen molar-refractivity contribution in [1.82, 2.24) is 9.88 Å². The second-order valence-corrected chi connectivity index (χ2v) is 4.76. The highest BCUT2D eigenvalue weighted by Gasteiger charge is 2.15. The van der Waals surface area contributed by atoms with E-state index in [4.69, 9.17) is 5.11 Å². The summed E-state index contributed by atoms with van der Waals surface area (Å²) in [5.41, 5.74) is 3.55. The number of carbonyl (C=O) groups excluding carboxylic acids is 1. The van der Waals surface area contributed by atoms with Crippen LogP contribution in [0.5, 0.6) is 0 Å². The first-order valence-electron chi connectivity index (χ1n) is 6.56. The van der Waals surface area contributed by atoms with E-state index in [9.17, 15) is 9.59 Å². The predicted octanol–water partition coefficient (Wildman–Crippen LogP) is 1.65. The van der Waals surface area contributed by atoms with Gasteiger partial charge in [0.05, 0.1) is 0 Å². The van der Waals surface area contributed by atoms with Gasteiger partial charge in [0, 0.05) is 30.4 Å². The molecular weight excluding hydrogens is 244 g/mol. The lowest BCUT2D eigenvalue weighted by molar-refractivity contribution is -0.137. The van der Waals surface area contributed by atoms with Crippen molar-refractivity contribution in [3.8, 4) is 0 Å². The topological polar surface area (TPSA) is 71.3 Å². The van der Waals surface area contributed by atoms with Gasteiger partial charge in [0.2, 0.25) is 6.41 Å². The second-order valence-electron chi connectivity index (χ2n) is 4.76. The van der Waals surface area contributed by atoms with E-state index in [0.29, 0.717) is 19.3 Å². The normalized spacial score (nSPS) is 12.2. The molecule has 0 saturated heterocycles. The van der Waals surface area contributed by atoms with Crippen molar-refractivity contribution in [2.75, 3.05) is 0 Å². The molecule has 1 aromatic heterocycles. The van der Waals surface area contributed by atoms with Gasteiger partial charge in [-0.25, -0.2) is 0 Å². The lowest BCUT2D eigenvalue weighted by Gasteiger charge is -2.15. The Balaban J connectivity index is 2.78. The zero-order chi connectivity index (χ0) is 14.4. The Hall–Kier alpha value is -1.78. The Bertz CT molecular complexity index is 452. The molecule has 0 saturated carbocycles. The Morgan fingerprint density at radius 2 is 2.21 bits per heavy atom. The molecule has 0 aliphatic carbocycles. The minimum atomic E-state index is -0.836. The third-order valence-corrected chi connectivity index (χ3v) is 3.47. The van der Waals surface area contributed by atoms with Gasteiger partial charge in [-0.3, -0.25) is 9.59 Å². The number of nitrogens with zero attached hydrogens (tertiary/aromatic N) is 1. The maximum atomic E-state index is 10.6. The van der Waals surface area contributed by atoms with E-state index in [-0.39, 0.29) is 12.5 Å². The van der Waals surface area contributed by atoms with Gasteiger partial charge in [-0.15, -0.1) is 0 Å². The molecule has 5 nitrogen and oxygen atoms in total. The van der Waals surface area contributed by atoms with Gasteiger partial charge < -0.3 is 15.0 Å². The third-order valence-electron chi connectivity index (χ3n) is 3.47. The number of nitrogens with one attached hydrogen (secondary N) is 1. The molecule has 0 bridgehead atoms. The van der Waals surface area contributed by atoms with Gasteiger partial charge in [-0.2, -0.15) is 0 Å². The number of aliphatic carboxylic acids is 1. The van der Waals surface area contributed by atoms with Crippen LogP contribution in [0.15, 0.2) is 6.07 Å². The molecule has 1 unspecified atom stereocenters. The fraction of sp³-hybridized carbons (Fsp3) is 0.571. The van der Waals surface area contributed by atoms with Crippen molar-refractivity contribution in [1.29, 1.82) is 0 Å². The molecule has 1 amide bonds. The minimum absolute atomic E-state index is 0.0675. The summed E-state index contributed by atoms with van der Waals surface area (Å²) in [5.74, 6) is -0.836. The standard InChI is InChI=1S/C14H22N2O3/c1-4-16-10(2)7-12(11(16)3)8-13(15-9-17)5-6-14(18)19/h7,9,13H,4-6,8H2,1-3H3,(H,15,17)(H,18,19). The van der Waals surface area contributed by atoms with E-state index in [1.165, 1.54) is 17.0 Å². The number of hydrogen-bond donors (Lipinski definition) is 2. The number of carbonyl (C=O) groups is 2. The Morgan fingerprint density at radius 3 is 2.68 bits per heavy atom. The van der Waals surface area contributed by atoms with Crippen LogP contribution in [-0.4, -0.2) is 28.1 Å². The van der Waals surface area contributed by atoms with Gasteiger partial charge in [-0.1, -0.05) is 0 Å². The van der Waals surface area contributed by atoms with Crippen molar-refractivity contribution < 1.29 is 14.7 Å². The molecule has 0 fully saturated rings. The number of carboxylic acids is 1. The summed E-state index contributed by atoms with van der Waals surface area (Å²) in [6.07, 6.45) is 1.83. The lowest BCUT2D eigenvalue weighted by atomic mass is 10.0. The van der Waals surface area contributed by atoms with Crippen LogP contribution in [0.25, 0.3) is 0 Å². The third kappa shape index (κ3) is 4.12. The summed E-state index contributed by atoms with van der Waals surface area (Å²) in [4.78, 5) is 21.2. The smallest absolute Gasteiger partial charge is 0.303 e. The maximum Gasteiger partial charge on any atom is 0.303 e. The first kappa shape index (κ1) is 15.3. The molecule has 0 spiro atoms. The van der Waals surface area contributed by atoms with Gasteiger partial charge in [0.1, 0.15) is 0 Å².